The summed E-state index contributed by atoms with van der Waals surface area (Å²) in [5.41, 5.74) is 2.43. The Morgan fingerprint density at radius 1 is 1.26 bits per heavy atom. The second-order valence-corrected chi connectivity index (χ2v) is 6.65. The van der Waals surface area contributed by atoms with Gasteiger partial charge in [0.2, 0.25) is 0 Å². The molecule has 0 radical (unpaired) electrons. The fourth-order valence-corrected chi connectivity index (χ4v) is 3.81. The second-order valence-electron chi connectivity index (χ2n) is 5.78. The summed E-state index contributed by atoms with van der Waals surface area (Å²) >= 11 is 12.4. The monoisotopic (exact) mass is 293 g/mol. The van der Waals surface area contributed by atoms with E-state index in [9.17, 15) is 0 Å². The molecule has 0 saturated heterocycles. The first-order valence-electron chi connectivity index (χ1n) is 6.58. The zero-order valence-corrected chi connectivity index (χ0v) is 12.8. The lowest BCUT2D eigenvalue weighted by Crippen LogP contribution is -2.45. The van der Waals surface area contributed by atoms with Gasteiger partial charge in [-0.1, -0.05) is 35.4 Å². The molecular formula is C16H17Cl2N. The molecule has 100 valence electrons. The summed E-state index contributed by atoms with van der Waals surface area (Å²) in [5.74, 6) is 0. The lowest BCUT2D eigenvalue weighted by atomic mass is 9.76. The van der Waals surface area contributed by atoms with Crippen LogP contribution in [0, 0.1) is 0 Å². The van der Waals surface area contributed by atoms with E-state index in [-0.39, 0.29) is 5.41 Å². The topological polar surface area (TPSA) is 3.24 Å². The number of allylic oxidation sites excluding steroid dienone is 2. The van der Waals surface area contributed by atoms with Crippen LogP contribution in [0.15, 0.2) is 41.5 Å². The van der Waals surface area contributed by atoms with E-state index in [1.807, 2.05) is 12.1 Å². The van der Waals surface area contributed by atoms with E-state index in [0.29, 0.717) is 12.1 Å². The molecule has 1 aromatic carbocycles. The molecule has 19 heavy (non-hydrogen) atoms. The maximum absolute atomic E-state index is 6.23. The van der Waals surface area contributed by atoms with Crippen molar-refractivity contribution in [1.29, 1.82) is 0 Å². The molecule has 1 heterocycles. The molecule has 1 aliphatic heterocycles. The van der Waals surface area contributed by atoms with Crippen molar-refractivity contribution in [2.24, 2.45) is 0 Å². The number of anilines is 1. The van der Waals surface area contributed by atoms with Crippen LogP contribution in [0.1, 0.15) is 26.3 Å². The van der Waals surface area contributed by atoms with E-state index in [2.05, 4.69) is 50.0 Å². The average Bonchev–Trinajstić information content (AvgIpc) is 2.57. The number of hydrogen-bond acceptors (Lipinski definition) is 1. The van der Waals surface area contributed by atoms with E-state index in [1.54, 1.807) is 0 Å². The number of benzene rings is 1. The fraction of sp³-hybridized carbons (Fsp3) is 0.375. The Bertz CT molecular complexity index is 588. The van der Waals surface area contributed by atoms with E-state index in [0.717, 1.165) is 10.1 Å². The van der Waals surface area contributed by atoms with Gasteiger partial charge in [-0.05, 0) is 50.6 Å². The molecule has 1 aromatic rings. The average molecular weight is 294 g/mol. The van der Waals surface area contributed by atoms with E-state index in [1.165, 1.54) is 11.3 Å². The summed E-state index contributed by atoms with van der Waals surface area (Å²) in [6.45, 7) is 6.68. The Labute approximate surface area is 124 Å². The molecule has 1 nitrogen and oxygen atoms in total. The molecule has 0 spiro atoms. The van der Waals surface area contributed by atoms with Gasteiger partial charge in [-0.2, -0.15) is 0 Å². The summed E-state index contributed by atoms with van der Waals surface area (Å²) in [6, 6.07) is 6.90. The molecule has 0 saturated carbocycles. The fourth-order valence-electron chi connectivity index (χ4n) is 3.34. The van der Waals surface area contributed by atoms with Crippen LogP contribution in [0.4, 0.5) is 5.69 Å². The van der Waals surface area contributed by atoms with Crippen molar-refractivity contribution >= 4 is 28.9 Å². The van der Waals surface area contributed by atoms with Crippen molar-refractivity contribution in [3.8, 4) is 0 Å². The predicted octanol–water partition coefficient (Wildman–Crippen LogP) is 4.89. The SMILES string of the molecule is CC(C)N1c2ccc(Cl)cc2C2(C)C=C(Cl)C=CC12. The van der Waals surface area contributed by atoms with Crippen molar-refractivity contribution in [3.05, 3.63) is 52.0 Å². The molecule has 0 N–H and O–H groups in total. The summed E-state index contributed by atoms with van der Waals surface area (Å²) < 4.78 is 0. The van der Waals surface area contributed by atoms with Gasteiger partial charge in [0, 0.05) is 27.2 Å². The van der Waals surface area contributed by atoms with Gasteiger partial charge >= 0.3 is 0 Å². The minimum Gasteiger partial charge on any atom is -0.361 e. The van der Waals surface area contributed by atoms with Crippen LogP contribution in [0.5, 0.6) is 0 Å². The van der Waals surface area contributed by atoms with Gasteiger partial charge in [-0.25, -0.2) is 0 Å². The third-order valence-electron chi connectivity index (χ3n) is 4.16. The Hall–Kier alpha value is -0.920. The molecule has 1 aliphatic carbocycles. The standard InChI is InChI=1S/C16H17Cl2N/c1-10(2)19-14-6-4-11(17)8-13(14)16(3)9-12(18)5-7-15(16)19/h4-10,15H,1-3H3. The Morgan fingerprint density at radius 2 is 2.00 bits per heavy atom. The number of hydrogen-bond donors (Lipinski definition) is 0. The van der Waals surface area contributed by atoms with Gasteiger partial charge in [0.1, 0.15) is 0 Å². The molecule has 3 heteroatoms. The molecule has 2 atom stereocenters. The van der Waals surface area contributed by atoms with E-state index < -0.39 is 0 Å². The number of halogens is 2. The zero-order chi connectivity index (χ0) is 13.8. The molecule has 2 unspecified atom stereocenters. The Balaban J connectivity index is 2.25. The van der Waals surface area contributed by atoms with Gasteiger partial charge in [0.05, 0.1) is 6.04 Å². The third kappa shape index (κ3) is 1.83. The van der Waals surface area contributed by atoms with Crippen LogP contribution in [0.25, 0.3) is 0 Å². The van der Waals surface area contributed by atoms with Gasteiger partial charge in [-0.3, -0.25) is 0 Å². The van der Waals surface area contributed by atoms with Crippen LogP contribution in [-0.2, 0) is 5.41 Å². The summed E-state index contributed by atoms with van der Waals surface area (Å²) in [7, 11) is 0. The number of rotatable bonds is 1. The molecule has 0 amide bonds. The zero-order valence-electron chi connectivity index (χ0n) is 11.3. The van der Waals surface area contributed by atoms with Gasteiger partial charge in [-0.15, -0.1) is 0 Å². The largest absolute Gasteiger partial charge is 0.361 e. The number of nitrogens with zero attached hydrogens (tertiary/aromatic N) is 1. The maximum atomic E-state index is 6.23. The highest BCUT2D eigenvalue weighted by atomic mass is 35.5. The van der Waals surface area contributed by atoms with Crippen LogP contribution >= 0.6 is 23.2 Å². The van der Waals surface area contributed by atoms with Crippen molar-refractivity contribution in [2.45, 2.75) is 38.3 Å². The van der Waals surface area contributed by atoms with Crippen molar-refractivity contribution in [3.63, 3.8) is 0 Å². The normalized spacial score (nSPS) is 28.4. The van der Waals surface area contributed by atoms with Crippen LogP contribution in [0.2, 0.25) is 5.02 Å². The molecular weight excluding hydrogens is 277 g/mol. The number of fused-ring (bicyclic) bond motifs is 3. The van der Waals surface area contributed by atoms with Crippen LogP contribution in [-0.4, -0.2) is 12.1 Å². The quantitative estimate of drug-likeness (QED) is 0.713. The van der Waals surface area contributed by atoms with Crippen LogP contribution < -0.4 is 4.90 Å². The second kappa shape index (κ2) is 4.29. The van der Waals surface area contributed by atoms with E-state index in [4.69, 9.17) is 23.2 Å². The molecule has 3 rings (SSSR count). The smallest absolute Gasteiger partial charge is 0.0609 e. The highest BCUT2D eigenvalue weighted by Crippen LogP contribution is 2.50. The maximum Gasteiger partial charge on any atom is 0.0609 e. The minimum absolute atomic E-state index is 0.101. The molecule has 0 fully saturated rings. The summed E-state index contributed by atoms with van der Waals surface area (Å²) in [6.07, 6.45) is 6.35. The summed E-state index contributed by atoms with van der Waals surface area (Å²) in [4.78, 5) is 2.45. The first-order chi connectivity index (χ1) is 8.93. The van der Waals surface area contributed by atoms with Gasteiger partial charge < -0.3 is 4.90 Å². The first-order valence-corrected chi connectivity index (χ1v) is 7.34. The lowest BCUT2D eigenvalue weighted by molar-refractivity contribution is 0.498. The Morgan fingerprint density at radius 3 is 2.68 bits per heavy atom. The molecule has 0 aromatic heterocycles. The van der Waals surface area contributed by atoms with Crippen molar-refractivity contribution in [1.82, 2.24) is 0 Å². The molecule has 0 bridgehead atoms. The van der Waals surface area contributed by atoms with Gasteiger partial charge in [0.25, 0.3) is 0 Å². The van der Waals surface area contributed by atoms with Crippen molar-refractivity contribution in [2.75, 3.05) is 4.90 Å². The van der Waals surface area contributed by atoms with E-state index >= 15 is 0 Å². The Kier molecular flexibility index (Phi) is 2.95. The highest BCUT2D eigenvalue weighted by molar-refractivity contribution is 6.31. The minimum atomic E-state index is -0.101. The first kappa shape index (κ1) is 13.1. The molecule has 2 aliphatic rings. The van der Waals surface area contributed by atoms with Crippen molar-refractivity contribution < 1.29 is 0 Å². The third-order valence-corrected chi connectivity index (χ3v) is 4.63. The lowest BCUT2D eigenvalue weighted by Gasteiger charge is -2.37. The van der Waals surface area contributed by atoms with Crippen LogP contribution in [0.3, 0.4) is 0 Å². The van der Waals surface area contributed by atoms with Gasteiger partial charge in [0.15, 0.2) is 0 Å². The summed E-state index contributed by atoms with van der Waals surface area (Å²) in [5, 5.41) is 1.58. The highest BCUT2D eigenvalue weighted by Gasteiger charge is 2.47. The predicted molar refractivity (Wildman–Crippen MR) is 83.3 cm³/mol.